The maximum Gasteiger partial charge on any atom is 0.332 e. The van der Waals surface area contributed by atoms with Gasteiger partial charge in [-0.15, -0.1) is 0 Å². The summed E-state index contributed by atoms with van der Waals surface area (Å²) in [6, 6.07) is 7.34. The molecule has 0 fully saturated rings. The number of carbonyl (C=O) groups is 1. The monoisotopic (exact) mass is 403 g/mol. The third-order valence-electron chi connectivity index (χ3n) is 4.13. The molecule has 0 bridgehead atoms. The quantitative estimate of drug-likeness (QED) is 0.426. The molecular formula is C18H22N5O4P. The smallest absolute Gasteiger partial charge is 0.332 e. The second-order valence-electron chi connectivity index (χ2n) is 6.11. The van der Waals surface area contributed by atoms with E-state index in [0.29, 0.717) is 29.0 Å². The molecule has 28 heavy (non-hydrogen) atoms. The van der Waals surface area contributed by atoms with Gasteiger partial charge in [-0.1, -0.05) is 24.3 Å². The third-order valence-corrected chi connectivity index (χ3v) is 5.56. The Morgan fingerprint density at radius 2 is 1.96 bits per heavy atom. The van der Waals surface area contributed by atoms with Gasteiger partial charge in [-0.3, -0.25) is 9.36 Å². The number of H-pyrrole nitrogens is 1. The highest BCUT2D eigenvalue weighted by Gasteiger charge is 2.19. The Balaban J connectivity index is 1.70. The Morgan fingerprint density at radius 1 is 1.25 bits per heavy atom. The predicted molar refractivity (Wildman–Crippen MR) is 106 cm³/mol. The van der Waals surface area contributed by atoms with Gasteiger partial charge in [0.2, 0.25) is 0 Å². The molecule has 10 heteroatoms. The van der Waals surface area contributed by atoms with Crippen molar-refractivity contribution in [2.45, 2.75) is 19.6 Å². The second-order valence-corrected chi connectivity index (χ2v) is 7.96. The zero-order chi connectivity index (χ0) is 20.1. The zero-order valence-corrected chi connectivity index (χ0v) is 16.5. The van der Waals surface area contributed by atoms with Crippen LogP contribution in [0.15, 0.2) is 36.8 Å². The van der Waals surface area contributed by atoms with Gasteiger partial charge in [0.05, 0.1) is 18.3 Å². The molecule has 2 heterocycles. The van der Waals surface area contributed by atoms with Gasteiger partial charge in [-0.25, -0.2) is 9.97 Å². The maximum atomic E-state index is 11.9. The molecule has 0 aliphatic heterocycles. The zero-order valence-electron chi connectivity index (χ0n) is 15.6. The molecule has 3 aromatic rings. The van der Waals surface area contributed by atoms with E-state index in [2.05, 4.69) is 25.6 Å². The molecule has 9 nitrogen and oxygen atoms in total. The van der Waals surface area contributed by atoms with Crippen LogP contribution in [0.5, 0.6) is 0 Å². The Labute approximate surface area is 162 Å². The number of nitrogens with one attached hydrogen (secondary N) is 3. The minimum atomic E-state index is -3.60. The van der Waals surface area contributed by atoms with Gasteiger partial charge in [-0.05, 0) is 18.1 Å². The number of anilines is 1. The van der Waals surface area contributed by atoms with Gasteiger partial charge in [0.25, 0.3) is 5.91 Å². The fraction of sp³-hybridized carbons (Fsp3) is 0.278. The van der Waals surface area contributed by atoms with Crippen LogP contribution >= 0.6 is 7.60 Å². The lowest BCUT2D eigenvalue weighted by molar-refractivity contribution is 0.0964. The van der Waals surface area contributed by atoms with Crippen molar-refractivity contribution in [2.24, 2.45) is 0 Å². The number of rotatable bonds is 8. The number of amides is 1. The van der Waals surface area contributed by atoms with E-state index in [0.717, 1.165) is 11.1 Å². The normalized spacial score (nSPS) is 13.2. The van der Waals surface area contributed by atoms with Crippen LogP contribution < -0.4 is 10.6 Å². The summed E-state index contributed by atoms with van der Waals surface area (Å²) in [4.78, 5) is 33.1. The average Bonchev–Trinajstić information content (AvgIpc) is 3.11. The minimum absolute atomic E-state index is 0.0220. The second kappa shape index (κ2) is 8.52. The number of hydrogen-bond donors (Lipinski definition) is 4. The summed E-state index contributed by atoms with van der Waals surface area (Å²) in [5, 5.41) is 5.80. The lowest BCUT2D eigenvalue weighted by Crippen LogP contribution is -2.17. The molecule has 1 aromatic carbocycles. The molecule has 0 saturated carbocycles. The molecule has 1 amide bonds. The van der Waals surface area contributed by atoms with Gasteiger partial charge in [0.15, 0.2) is 5.82 Å². The Bertz CT molecular complexity index is 1020. The fourth-order valence-corrected chi connectivity index (χ4v) is 3.97. The summed E-state index contributed by atoms with van der Waals surface area (Å²) in [5.74, 6) is 0.361. The van der Waals surface area contributed by atoms with Crippen molar-refractivity contribution >= 4 is 30.4 Å². The van der Waals surface area contributed by atoms with Crippen LogP contribution in [-0.4, -0.2) is 39.4 Å². The highest BCUT2D eigenvalue weighted by Crippen LogP contribution is 2.45. The molecule has 0 radical (unpaired) electrons. The average molecular weight is 403 g/mol. The Hall–Kier alpha value is -2.74. The molecule has 1 atom stereocenters. The van der Waals surface area contributed by atoms with E-state index in [-0.39, 0.29) is 18.7 Å². The largest absolute Gasteiger partial charge is 0.364 e. The summed E-state index contributed by atoms with van der Waals surface area (Å²) in [5.41, 5.74) is 3.34. The van der Waals surface area contributed by atoms with Crippen LogP contribution in [0.4, 0.5) is 5.82 Å². The third kappa shape index (κ3) is 4.56. The van der Waals surface area contributed by atoms with E-state index in [4.69, 9.17) is 4.52 Å². The van der Waals surface area contributed by atoms with Crippen molar-refractivity contribution in [3.63, 3.8) is 0 Å². The molecular weight excluding hydrogens is 381 g/mol. The standard InChI is InChI=1S/C18H22N5O4P/c1-3-27-28(25,26)10-13-6-4-12(5-7-13)8-21-17-16-15(22-11-23-17)14(9-20-16)18(24)19-2/h4-7,9,11,20H,3,8,10H2,1-2H3,(H,19,24)(H,25,26)(H,21,22,23). The van der Waals surface area contributed by atoms with Gasteiger partial charge in [-0.2, -0.15) is 0 Å². The van der Waals surface area contributed by atoms with Crippen molar-refractivity contribution in [1.82, 2.24) is 20.3 Å². The molecule has 4 N–H and O–H groups in total. The number of aromatic nitrogens is 3. The van der Waals surface area contributed by atoms with Gasteiger partial charge < -0.3 is 25.0 Å². The van der Waals surface area contributed by atoms with E-state index < -0.39 is 7.60 Å². The SMILES string of the molecule is CCOP(=O)(O)Cc1ccc(CNc2ncnc3c(C(=O)NC)c[nH]c23)cc1. The number of hydrogen-bond acceptors (Lipinski definition) is 6. The van der Waals surface area contributed by atoms with Crippen LogP contribution in [0.25, 0.3) is 11.0 Å². The topological polar surface area (TPSA) is 129 Å². The molecule has 0 spiro atoms. The number of nitrogens with zero attached hydrogens (tertiary/aromatic N) is 2. The first kappa shape index (κ1) is 20.0. The molecule has 0 aliphatic carbocycles. The van der Waals surface area contributed by atoms with Crippen LogP contribution in [0, 0.1) is 0 Å². The van der Waals surface area contributed by atoms with E-state index in [9.17, 15) is 14.3 Å². The molecule has 0 saturated heterocycles. The first-order valence-corrected chi connectivity index (χ1v) is 10.5. The van der Waals surface area contributed by atoms with Crippen LogP contribution in [-0.2, 0) is 21.8 Å². The molecule has 2 aromatic heterocycles. The van der Waals surface area contributed by atoms with Crippen molar-refractivity contribution in [1.29, 1.82) is 0 Å². The van der Waals surface area contributed by atoms with Crippen LogP contribution in [0.2, 0.25) is 0 Å². The highest BCUT2D eigenvalue weighted by molar-refractivity contribution is 7.51. The highest BCUT2D eigenvalue weighted by atomic mass is 31.2. The molecule has 148 valence electrons. The number of carbonyl (C=O) groups excluding carboxylic acids is 1. The first-order valence-electron chi connectivity index (χ1n) is 8.75. The van der Waals surface area contributed by atoms with E-state index in [1.165, 1.54) is 6.33 Å². The predicted octanol–water partition coefficient (Wildman–Crippen LogP) is 2.65. The Kier molecular flexibility index (Phi) is 6.08. The van der Waals surface area contributed by atoms with Crippen molar-refractivity contribution in [3.05, 3.63) is 53.5 Å². The molecule has 1 unspecified atom stereocenters. The summed E-state index contributed by atoms with van der Waals surface area (Å²) < 4.78 is 16.7. The molecule has 3 rings (SSSR count). The first-order chi connectivity index (χ1) is 13.4. The van der Waals surface area contributed by atoms with Gasteiger partial charge in [0.1, 0.15) is 17.4 Å². The van der Waals surface area contributed by atoms with Gasteiger partial charge in [0, 0.05) is 19.8 Å². The Morgan fingerprint density at radius 3 is 2.64 bits per heavy atom. The molecule has 0 aliphatic rings. The summed E-state index contributed by atoms with van der Waals surface area (Å²) in [7, 11) is -2.03. The van der Waals surface area contributed by atoms with E-state index in [1.807, 2.05) is 12.1 Å². The summed E-state index contributed by atoms with van der Waals surface area (Å²) >= 11 is 0. The lowest BCUT2D eigenvalue weighted by atomic mass is 10.1. The van der Waals surface area contributed by atoms with Crippen molar-refractivity contribution in [2.75, 3.05) is 19.0 Å². The van der Waals surface area contributed by atoms with Crippen molar-refractivity contribution in [3.8, 4) is 0 Å². The van der Waals surface area contributed by atoms with Crippen molar-refractivity contribution < 1.29 is 18.8 Å². The van der Waals surface area contributed by atoms with E-state index >= 15 is 0 Å². The van der Waals surface area contributed by atoms with E-state index in [1.54, 1.807) is 32.3 Å². The number of benzene rings is 1. The summed E-state index contributed by atoms with van der Waals surface area (Å²) in [6.07, 6.45) is 2.98. The number of fused-ring (bicyclic) bond motifs is 1. The van der Waals surface area contributed by atoms with Crippen LogP contribution in [0.1, 0.15) is 28.4 Å². The number of aromatic amines is 1. The lowest BCUT2D eigenvalue weighted by Gasteiger charge is -2.11. The minimum Gasteiger partial charge on any atom is -0.364 e. The van der Waals surface area contributed by atoms with Crippen LogP contribution in [0.3, 0.4) is 0 Å². The van der Waals surface area contributed by atoms with Gasteiger partial charge >= 0.3 is 7.60 Å². The maximum absolute atomic E-state index is 11.9. The fourth-order valence-electron chi connectivity index (χ4n) is 2.81. The summed E-state index contributed by atoms with van der Waals surface area (Å²) in [6.45, 7) is 2.37.